The second-order valence-electron chi connectivity index (χ2n) is 14.6. The number of hydrogen-bond acceptors (Lipinski definition) is 7. The number of rotatable bonds is 8. The molecular weight excluding hydrogens is 536 g/mol. The van der Waals surface area contributed by atoms with Gasteiger partial charge in [0.25, 0.3) is 0 Å². The Morgan fingerprint density at radius 2 is 1.91 bits per heavy atom. The van der Waals surface area contributed by atoms with Gasteiger partial charge in [-0.05, 0) is 74.1 Å². The fourth-order valence-electron chi connectivity index (χ4n) is 7.53. The van der Waals surface area contributed by atoms with E-state index in [4.69, 9.17) is 14.9 Å². The normalized spacial score (nSPS) is 25.7. The molecule has 2 atom stereocenters. The zero-order chi connectivity index (χ0) is 29.9. The third kappa shape index (κ3) is 5.29. The number of hydrogen-bond donors (Lipinski definition) is 1. The van der Waals surface area contributed by atoms with E-state index in [-0.39, 0.29) is 16.9 Å². The van der Waals surface area contributed by atoms with Crippen LogP contribution < -0.4 is 5.32 Å². The molecule has 3 saturated carbocycles. The Bertz CT molecular complexity index is 1690. The molecule has 5 aliphatic rings. The summed E-state index contributed by atoms with van der Waals surface area (Å²) in [5.74, 6) is 2.18. The van der Waals surface area contributed by atoms with Gasteiger partial charge in [0.2, 0.25) is 0 Å². The number of nitrogens with zero attached hydrogens (tertiary/aromatic N) is 5. The summed E-state index contributed by atoms with van der Waals surface area (Å²) in [5.41, 5.74) is 7.71. The number of carbonyl (C=O) groups is 1. The third-order valence-electron chi connectivity index (χ3n) is 9.94. The van der Waals surface area contributed by atoms with Crippen molar-refractivity contribution in [2.75, 3.05) is 18.5 Å². The van der Waals surface area contributed by atoms with Gasteiger partial charge in [0.15, 0.2) is 0 Å². The van der Waals surface area contributed by atoms with Gasteiger partial charge in [-0.3, -0.25) is 4.79 Å². The highest BCUT2D eigenvalue weighted by atomic mass is 16.5. The zero-order valence-electron chi connectivity index (χ0n) is 25.6. The SMILES string of the molecule is CC(C)(C)CCC(=O)C1C2CC(C3=NN=C(c4ccc(-c5ccc6cc(C#N)cnn56)cc4NC4(C)COC4)C3)CC1C2. The minimum absolute atomic E-state index is 0.142. The van der Waals surface area contributed by atoms with E-state index in [0.717, 1.165) is 59.4 Å². The van der Waals surface area contributed by atoms with E-state index in [0.29, 0.717) is 48.7 Å². The van der Waals surface area contributed by atoms with Crippen LogP contribution in [0.25, 0.3) is 16.8 Å². The first kappa shape index (κ1) is 28.0. The van der Waals surface area contributed by atoms with Crippen LogP contribution in [0.5, 0.6) is 0 Å². The maximum Gasteiger partial charge on any atom is 0.136 e. The van der Waals surface area contributed by atoms with Gasteiger partial charge in [0.05, 0.1) is 47.4 Å². The zero-order valence-corrected chi connectivity index (χ0v) is 25.6. The summed E-state index contributed by atoms with van der Waals surface area (Å²) in [6.45, 7) is 10.1. The second-order valence-corrected chi connectivity index (χ2v) is 14.6. The van der Waals surface area contributed by atoms with Crippen LogP contribution in [0.1, 0.15) is 77.3 Å². The van der Waals surface area contributed by atoms with Gasteiger partial charge in [-0.1, -0.05) is 32.9 Å². The number of Topliss-reactive ketones (excluding diaryl/α,β-unsaturated/α-hetero) is 1. The maximum absolute atomic E-state index is 13.1. The molecule has 0 radical (unpaired) electrons. The average Bonchev–Trinajstić information content (AvgIpc) is 3.62. The van der Waals surface area contributed by atoms with Gasteiger partial charge < -0.3 is 10.1 Å². The number of aromatic nitrogens is 2. The van der Waals surface area contributed by atoms with Crippen LogP contribution in [0.15, 0.2) is 52.8 Å². The number of ketones is 1. The predicted octanol–water partition coefficient (Wildman–Crippen LogP) is 6.68. The van der Waals surface area contributed by atoms with Crippen LogP contribution in [0.4, 0.5) is 5.69 Å². The minimum Gasteiger partial charge on any atom is -0.376 e. The van der Waals surface area contributed by atoms with Crippen molar-refractivity contribution in [3.63, 3.8) is 0 Å². The van der Waals surface area contributed by atoms with Gasteiger partial charge in [-0.25, -0.2) is 4.52 Å². The Morgan fingerprint density at radius 3 is 2.60 bits per heavy atom. The predicted molar refractivity (Wildman–Crippen MR) is 168 cm³/mol. The summed E-state index contributed by atoms with van der Waals surface area (Å²) < 4.78 is 7.42. The monoisotopic (exact) mass is 576 g/mol. The summed E-state index contributed by atoms with van der Waals surface area (Å²) in [5, 5.41) is 27.0. The van der Waals surface area contributed by atoms with Crippen LogP contribution in [0.3, 0.4) is 0 Å². The fourth-order valence-corrected chi connectivity index (χ4v) is 7.53. The van der Waals surface area contributed by atoms with E-state index >= 15 is 0 Å². The number of anilines is 1. The number of nitriles is 1. The van der Waals surface area contributed by atoms with Gasteiger partial charge in [-0.2, -0.15) is 20.6 Å². The molecule has 3 aliphatic carbocycles. The number of fused-ring (bicyclic) bond motifs is 3. The highest BCUT2D eigenvalue weighted by Gasteiger charge is 2.51. The van der Waals surface area contributed by atoms with E-state index in [1.165, 1.54) is 12.1 Å². The van der Waals surface area contributed by atoms with Crippen LogP contribution >= 0.6 is 0 Å². The Hall–Kier alpha value is -3.83. The van der Waals surface area contributed by atoms with E-state index in [1.54, 1.807) is 6.20 Å². The Balaban J connectivity index is 1.08. The third-order valence-corrected chi connectivity index (χ3v) is 9.94. The number of nitrogens with one attached hydrogen (secondary N) is 1. The molecule has 0 amide bonds. The number of benzene rings is 1. The molecule has 0 spiro atoms. The molecule has 222 valence electrons. The molecule has 2 unspecified atom stereocenters. The first-order valence-electron chi connectivity index (χ1n) is 15.6. The smallest absolute Gasteiger partial charge is 0.136 e. The molecule has 1 aromatic carbocycles. The second kappa shape index (κ2) is 10.4. The number of ether oxygens (including phenoxy) is 1. The molecule has 2 aliphatic heterocycles. The summed E-state index contributed by atoms with van der Waals surface area (Å²) in [6, 6.07) is 14.5. The highest BCUT2D eigenvalue weighted by molar-refractivity contribution is 6.18. The molecule has 2 aromatic heterocycles. The fraction of sp³-hybridized carbons (Fsp3) is 0.514. The van der Waals surface area contributed by atoms with Crippen LogP contribution in [0, 0.1) is 40.4 Å². The first-order valence-corrected chi connectivity index (χ1v) is 15.6. The van der Waals surface area contributed by atoms with Crippen LogP contribution in [-0.2, 0) is 9.53 Å². The Morgan fingerprint density at radius 1 is 1.12 bits per heavy atom. The quantitative estimate of drug-likeness (QED) is 0.322. The van der Waals surface area contributed by atoms with E-state index in [9.17, 15) is 10.1 Å². The van der Waals surface area contributed by atoms with Crippen molar-refractivity contribution in [2.45, 2.75) is 71.8 Å². The average molecular weight is 577 g/mol. The van der Waals surface area contributed by atoms with Gasteiger partial charge in [0.1, 0.15) is 11.9 Å². The van der Waals surface area contributed by atoms with Gasteiger partial charge in [-0.15, -0.1) is 0 Å². The van der Waals surface area contributed by atoms with Crippen molar-refractivity contribution in [1.29, 1.82) is 5.26 Å². The standard InChI is InChI=1S/C35H40N6O2/c1-34(2,3)10-9-32(42)33-24-12-23(13-25(33)14-24)28-16-30(40-39-28)27-7-5-22(15-29(27)38-35(4)19-43-20-35)31-8-6-26-11-21(17-36)18-37-41(26)31/h5-8,11,15,18,23-25,33,38H,9-10,12-14,16,19-20H2,1-4H3. The molecule has 3 aromatic rings. The van der Waals surface area contributed by atoms with Crippen molar-refractivity contribution >= 4 is 28.4 Å². The molecule has 43 heavy (non-hydrogen) atoms. The molecular formula is C35H40N6O2. The molecule has 8 nitrogen and oxygen atoms in total. The highest BCUT2D eigenvalue weighted by Crippen LogP contribution is 2.54. The molecule has 8 rings (SSSR count). The minimum atomic E-state index is -0.142. The molecule has 4 heterocycles. The molecule has 4 fully saturated rings. The number of carbonyl (C=O) groups excluding carboxylic acids is 1. The summed E-state index contributed by atoms with van der Waals surface area (Å²) >= 11 is 0. The lowest BCUT2D eigenvalue weighted by Gasteiger charge is -2.51. The van der Waals surface area contributed by atoms with E-state index in [1.807, 2.05) is 22.7 Å². The lowest BCUT2D eigenvalue weighted by molar-refractivity contribution is -0.137. The van der Waals surface area contributed by atoms with E-state index < -0.39 is 0 Å². The van der Waals surface area contributed by atoms with Crippen molar-refractivity contribution in [2.24, 2.45) is 39.3 Å². The Labute approximate surface area is 253 Å². The summed E-state index contributed by atoms with van der Waals surface area (Å²) in [7, 11) is 0. The van der Waals surface area contributed by atoms with Gasteiger partial charge >= 0.3 is 0 Å². The summed E-state index contributed by atoms with van der Waals surface area (Å²) in [4.78, 5) is 13.1. The largest absolute Gasteiger partial charge is 0.376 e. The van der Waals surface area contributed by atoms with E-state index in [2.05, 4.69) is 62.4 Å². The van der Waals surface area contributed by atoms with Crippen molar-refractivity contribution < 1.29 is 9.53 Å². The van der Waals surface area contributed by atoms with Crippen molar-refractivity contribution in [1.82, 2.24) is 9.61 Å². The maximum atomic E-state index is 13.1. The van der Waals surface area contributed by atoms with Crippen LogP contribution in [-0.4, -0.2) is 45.6 Å². The first-order chi connectivity index (χ1) is 20.6. The van der Waals surface area contributed by atoms with Gasteiger partial charge in [0, 0.05) is 47.2 Å². The topological polar surface area (TPSA) is 104 Å². The lowest BCUT2D eigenvalue weighted by Crippen LogP contribution is -2.53. The molecule has 1 N–H and O–H groups in total. The Kier molecular flexibility index (Phi) is 6.77. The lowest BCUT2D eigenvalue weighted by atomic mass is 9.52. The molecule has 8 heteroatoms. The molecule has 1 saturated heterocycles. The molecule has 2 bridgehead atoms. The van der Waals surface area contributed by atoms with Crippen molar-refractivity contribution in [3.8, 4) is 17.3 Å². The van der Waals surface area contributed by atoms with Crippen molar-refractivity contribution in [3.05, 3.63) is 53.7 Å². The van der Waals surface area contributed by atoms with Crippen LogP contribution in [0.2, 0.25) is 0 Å². The summed E-state index contributed by atoms with van der Waals surface area (Å²) in [6.07, 6.45) is 7.35.